The molecule has 1 saturated heterocycles. The lowest BCUT2D eigenvalue weighted by Crippen LogP contribution is -2.39. The zero-order valence-corrected chi connectivity index (χ0v) is 12.2. The maximum Gasteiger partial charge on any atom is 0.198 e. The van der Waals surface area contributed by atoms with Crippen molar-refractivity contribution in [3.8, 4) is 0 Å². The fraction of sp³-hybridized carbons (Fsp3) is 0.833. The highest BCUT2D eigenvalue weighted by atomic mass is 32.1. The molecule has 2 rings (SSSR count). The van der Waals surface area contributed by atoms with Crippen LogP contribution in [0.3, 0.4) is 0 Å². The SMILES string of the molecule is CC1CCN(Cn2nc(CO)n(C)c2=S)CC1C. The quantitative estimate of drug-likeness (QED) is 0.843. The number of aliphatic hydroxyl groups is 1. The molecule has 0 amide bonds. The number of hydrogen-bond acceptors (Lipinski definition) is 4. The van der Waals surface area contributed by atoms with E-state index in [9.17, 15) is 5.11 Å². The molecule has 1 aliphatic rings. The summed E-state index contributed by atoms with van der Waals surface area (Å²) in [5, 5.41) is 13.5. The van der Waals surface area contributed by atoms with Gasteiger partial charge < -0.3 is 9.67 Å². The first-order valence-corrected chi connectivity index (χ1v) is 6.89. The van der Waals surface area contributed by atoms with Crippen LogP contribution in [0, 0.1) is 16.6 Å². The molecule has 1 aromatic heterocycles. The molecular formula is C12H22N4OS. The fourth-order valence-electron chi connectivity index (χ4n) is 2.43. The van der Waals surface area contributed by atoms with Crippen molar-refractivity contribution in [2.45, 2.75) is 33.5 Å². The second-order valence-corrected chi connectivity index (χ2v) is 5.74. The molecular weight excluding hydrogens is 248 g/mol. The van der Waals surface area contributed by atoms with Crippen LogP contribution in [0.1, 0.15) is 26.1 Å². The van der Waals surface area contributed by atoms with E-state index < -0.39 is 0 Å². The first-order valence-electron chi connectivity index (χ1n) is 6.48. The molecule has 0 radical (unpaired) electrons. The van der Waals surface area contributed by atoms with Crippen LogP contribution in [-0.4, -0.2) is 37.4 Å². The Morgan fingerprint density at radius 1 is 1.39 bits per heavy atom. The summed E-state index contributed by atoms with van der Waals surface area (Å²) in [7, 11) is 1.85. The standard InChI is InChI=1S/C12H22N4OS/c1-9-4-5-15(6-10(9)2)8-16-12(18)14(3)11(7-17)13-16/h9-10,17H,4-8H2,1-3H3. The topological polar surface area (TPSA) is 46.2 Å². The van der Waals surface area contributed by atoms with Gasteiger partial charge in [-0.05, 0) is 30.5 Å². The van der Waals surface area contributed by atoms with E-state index in [1.807, 2.05) is 11.7 Å². The van der Waals surface area contributed by atoms with Gasteiger partial charge in [-0.25, -0.2) is 4.68 Å². The maximum absolute atomic E-state index is 9.18. The van der Waals surface area contributed by atoms with Crippen molar-refractivity contribution in [3.05, 3.63) is 10.6 Å². The molecule has 18 heavy (non-hydrogen) atoms. The molecule has 1 aliphatic heterocycles. The van der Waals surface area contributed by atoms with Gasteiger partial charge in [-0.3, -0.25) is 4.90 Å². The van der Waals surface area contributed by atoms with E-state index in [1.165, 1.54) is 6.42 Å². The molecule has 0 aromatic carbocycles. The van der Waals surface area contributed by atoms with E-state index >= 15 is 0 Å². The molecule has 0 saturated carbocycles. The molecule has 1 aromatic rings. The second-order valence-electron chi connectivity index (χ2n) is 5.38. The van der Waals surface area contributed by atoms with Crippen LogP contribution in [0.15, 0.2) is 0 Å². The third-order valence-corrected chi connectivity index (χ3v) is 4.51. The average molecular weight is 270 g/mol. The minimum absolute atomic E-state index is 0.0689. The van der Waals surface area contributed by atoms with E-state index in [0.29, 0.717) is 16.5 Å². The fourth-order valence-corrected chi connectivity index (χ4v) is 2.63. The Bertz CT molecular complexity index is 467. The molecule has 0 spiro atoms. The smallest absolute Gasteiger partial charge is 0.198 e. The Kier molecular flexibility index (Phi) is 4.19. The molecule has 1 fully saturated rings. The van der Waals surface area contributed by atoms with Crippen molar-refractivity contribution in [2.24, 2.45) is 18.9 Å². The summed E-state index contributed by atoms with van der Waals surface area (Å²) in [6.45, 7) is 7.46. The molecule has 1 N–H and O–H groups in total. The van der Waals surface area contributed by atoms with Crippen LogP contribution in [0.25, 0.3) is 0 Å². The van der Waals surface area contributed by atoms with Crippen LogP contribution in [-0.2, 0) is 20.3 Å². The second kappa shape index (κ2) is 5.50. The van der Waals surface area contributed by atoms with Gasteiger partial charge in [-0.2, -0.15) is 5.10 Å². The van der Waals surface area contributed by atoms with Crippen LogP contribution < -0.4 is 0 Å². The minimum Gasteiger partial charge on any atom is -0.388 e. The summed E-state index contributed by atoms with van der Waals surface area (Å²) in [5.74, 6) is 2.14. The monoisotopic (exact) mass is 270 g/mol. The van der Waals surface area contributed by atoms with Crippen molar-refractivity contribution >= 4 is 12.2 Å². The Morgan fingerprint density at radius 3 is 2.67 bits per heavy atom. The summed E-state index contributed by atoms with van der Waals surface area (Å²) < 4.78 is 4.25. The van der Waals surface area contributed by atoms with Crippen molar-refractivity contribution in [2.75, 3.05) is 13.1 Å². The number of aromatic nitrogens is 3. The molecule has 0 aliphatic carbocycles. The number of piperidine rings is 1. The molecule has 102 valence electrons. The predicted molar refractivity (Wildman–Crippen MR) is 72.5 cm³/mol. The summed E-state index contributed by atoms with van der Waals surface area (Å²) >= 11 is 5.33. The van der Waals surface area contributed by atoms with Crippen molar-refractivity contribution < 1.29 is 5.11 Å². The zero-order valence-electron chi connectivity index (χ0n) is 11.3. The zero-order chi connectivity index (χ0) is 13.3. The molecule has 0 bridgehead atoms. The highest BCUT2D eigenvalue weighted by Gasteiger charge is 2.23. The van der Waals surface area contributed by atoms with Gasteiger partial charge >= 0.3 is 0 Å². The van der Waals surface area contributed by atoms with Gasteiger partial charge in [0.05, 0.1) is 6.67 Å². The van der Waals surface area contributed by atoms with E-state index in [2.05, 4.69) is 23.8 Å². The van der Waals surface area contributed by atoms with Crippen LogP contribution >= 0.6 is 12.2 Å². The Labute approximate surface area is 113 Å². The van der Waals surface area contributed by atoms with Gasteiger partial charge in [0, 0.05) is 20.1 Å². The third kappa shape index (κ3) is 2.65. The molecule has 2 heterocycles. The summed E-state index contributed by atoms with van der Waals surface area (Å²) in [4.78, 5) is 2.38. The number of aliphatic hydroxyl groups excluding tert-OH is 1. The summed E-state index contributed by atoms with van der Waals surface area (Å²) in [6, 6.07) is 0. The number of likely N-dealkylation sites (tertiary alicyclic amines) is 1. The largest absolute Gasteiger partial charge is 0.388 e. The highest BCUT2D eigenvalue weighted by Crippen LogP contribution is 2.22. The normalized spacial score (nSPS) is 25.6. The van der Waals surface area contributed by atoms with Gasteiger partial charge in [0.1, 0.15) is 6.61 Å². The van der Waals surface area contributed by atoms with Gasteiger partial charge in [-0.15, -0.1) is 0 Å². The number of nitrogens with zero attached hydrogens (tertiary/aromatic N) is 4. The minimum atomic E-state index is -0.0689. The van der Waals surface area contributed by atoms with Gasteiger partial charge in [0.15, 0.2) is 10.6 Å². The van der Waals surface area contributed by atoms with E-state index in [4.69, 9.17) is 12.2 Å². The maximum atomic E-state index is 9.18. The Hall–Kier alpha value is -0.720. The van der Waals surface area contributed by atoms with E-state index in [-0.39, 0.29) is 6.61 Å². The molecule has 2 atom stereocenters. The van der Waals surface area contributed by atoms with Crippen molar-refractivity contribution in [1.82, 2.24) is 19.2 Å². The predicted octanol–water partition coefficient (Wildman–Crippen LogP) is 1.38. The van der Waals surface area contributed by atoms with Crippen molar-refractivity contribution in [1.29, 1.82) is 0 Å². The first-order chi connectivity index (χ1) is 8.52. The van der Waals surface area contributed by atoms with Crippen LogP contribution in [0.2, 0.25) is 0 Å². The number of hydrogen-bond donors (Lipinski definition) is 1. The lowest BCUT2D eigenvalue weighted by atomic mass is 9.89. The van der Waals surface area contributed by atoms with Gasteiger partial charge in [0.25, 0.3) is 0 Å². The Balaban J connectivity index is 2.08. The molecule has 2 unspecified atom stereocenters. The van der Waals surface area contributed by atoms with Crippen molar-refractivity contribution in [3.63, 3.8) is 0 Å². The highest BCUT2D eigenvalue weighted by molar-refractivity contribution is 7.71. The lowest BCUT2D eigenvalue weighted by molar-refractivity contribution is 0.102. The summed E-state index contributed by atoms with van der Waals surface area (Å²) in [6.07, 6.45) is 1.23. The molecule has 6 heteroatoms. The van der Waals surface area contributed by atoms with E-state index in [1.54, 1.807) is 4.57 Å². The Morgan fingerprint density at radius 2 is 2.11 bits per heavy atom. The lowest BCUT2D eigenvalue weighted by Gasteiger charge is -2.34. The molecule has 5 nitrogen and oxygen atoms in total. The number of rotatable bonds is 3. The van der Waals surface area contributed by atoms with Crippen LogP contribution in [0.5, 0.6) is 0 Å². The first kappa shape index (κ1) is 13.7. The third-order valence-electron chi connectivity index (χ3n) is 4.02. The summed E-state index contributed by atoms with van der Waals surface area (Å²) in [5.41, 5.74) is 0. The van der Waals surface area contributed by atoms with Gasteiger partial charge in [0.2, 0.25) is 0 Å². The van der Waals surface area contributed by atoms with Crippen LogP contribution in [0.4, 0.5) is 0 Å². The average Bonchev–Trinajstić information content (AvgIpc) is 2.62. The van der Waals surface area contributed by atoms with E-state index in [0.717, 1.165) is 25.7 Å². The van der Waals surface area contributed by atoms with Gasteiger partial charge in [-0.1, -0.05) is 13.8 Å².